The first kappa shape index (κ1) is 16.7. The number of nitrogens with two attached hydrogens (primary N) is 3. The van der Waals surface area contributed by atoms with Gasteiger partial charge in [0, 0.05) is 22.6 Å². The number of aromatic nitrogens is 2. The number of aromatic amines is 1. The zero-order valence-corrected chi connectivity index (χ0v) is 14.9. The number of nitrogens with one attached hydrogen (secondary N) is 1. The quantitative estimate of drug-likeness (QED) is 0.326. The molecular weight excluding hydrogens is 336 g/mol. The van der Waals surface area contributed by atoms with E-state index in [-0.39, 0.29) is 0 Å². The fourth-order valence-electron chi connectivity index (χ4n) is 2.93. The molecule has 0 aliphatic rings. The molecule has 6 heteroatoms. The van der Waals surface area contributed by atoms with Crippen LogP contribution < -0.4 is 17.2 Å². The summed E-state index contributed by atoms with van der Waals surface area (Å²) in [6.07, 6.45) is 0. The Balaban J connectivity index is 1.70. The largest absolute Gasteiger partial charge is 0.399 e. The van der Waals surface area contributed by atoms with Crippen molar-refractivity contribution in [3.8, 4) is 11.4 Å². The van der Waals surface area contributed by atoms with Gasteiger partial charge in [-0.25, -0.2) is 4.98 Å². The Labute approximate surface area is 156 Å². The van der Waals surface area contributed by atoms with Crippen LogP contribution in [0.2, 0.25) is 0 Å². The molecule has 7 N–H and O–H groups in total. The lowest BCUT2D eigenvalue weighted by Gasteiger charge is -2.05. The third-order valence-corrected chi connectivity index (χ3v) is 4.42. The van der Waals surface area contributed by atoms with Gasteiger partial charge < -0.3 is 22.2 Å². The molecule has 0 unspecified atom stereocenters. The lowest BCUT2D eigenvalue weighted by atomic mass is 10.1. The Bertz CT molecular complexity index is 1160. The number of benzene rings is 3. The summed E-state index contributed by atoms with van der Waals surface area (Å²) in [6.45, 7) is 1.95. The van der Waals surface area contributed by atoms with Crippen molar-refractivity contribution >= 4 is 39.5 Å². The van der Waals surface area contributed by atoms with E-state index >= 15 is 0 Å². The first-order valence-electron chi connectivity index (χ1n) is 8.56. The van der Waals surface area contributed by atoms with Crippen molar-refractivity contribution in [2.24, 2.45) is 4.99 Å². The van der Waals surface area contributed by atoms with Gasteiger partial charge in [0.2, 0.25) is 0 Å². The first-order valence-corrected chi connectivity index (χ1v) is 8.56. The van der Waals surface area contributed by atoms with E-state index in [9.17, 15) is 0 Å². The summed E-state index contributed by atoms with van der Waals surface area (Å²) >= 11 is 0. The Kier molecular flexibility index (Phi) is 4.01. The number of aliphatic imine (C=N–C) groups is 1. The van der Waals surface area contributed by atoms with Crippen LogP contribution in [0.1, 0.15) is 12.5 Å². The van der Waals surface area contributed by atoms with Crippen molar-refractivity contribution in [2.75, 3.05) is 17.2 Å². The highest BCUT2D eigenvalue weighted by atomic mass is 14.9. The molecule has 0 spiro atoms. The van der Waals surface area contributed by atoms with Crippen molar-refractivity contribution < 1.29 is 0 Å². The van der Waals surface area contributed by atoms with Crippen LogP contribution in [0.25, 0.3) is 22.4 Å². The van der Waals surface area contributed by atoms with Gasteiger partial charge in [-0.15, -0.1) is 0 Å². The zero-order valence-electron chi connectivity index (χ0n) is 14.9. The molecule has 4 aromatic rings. The SMILES string of the molecule is CC(=Nc1ccc(N)cc1N)c1ccc2nc(-c3ccc(N)cc3)[nH]c2c1. The number of rotatable bonds is 3. The van der Waals surface area contributed by atoms with Crippen molar-refractivity contribution in [1.29, 1.82) is 0 Å². The van der Waals surface area contributed by atoms with Crippen LogP contribution in [0, 0.1) is 0 Å². The second-order valence-corrected chi connectivity index (χ2v) is 6.45. The van der Waals surface area contributed by atoms with Crippen molar-refractivity contribution in [1.82, 2.24) is 9.97 Å². The van der Waals surface area contributed by atoms with E-state index in [0.29, 0.717) is 17.1 Å². The van der Waals surface area contributed by atoms with E-state index in [0.717, 1.165) is 39.4 Å². The minimum Gasteiger partial charge on any atom is -0.399 e. The van der Waals surface area contributed by atoms with E-state index in [1.165, 1.54) is 0 Å². The highest BCUT2D eigenvalue weighted by molar-refractivity contribution is 6.03. The lowest BCUT2D eigenvalue weighted by Crippen LogP contribution is -1.96. The second-order valence-electron chi connectivity index (χ2n) is 6.45. The fraction of sp³-hybridized carbons (Fsp3) is 0.0476. The van der Waals surface area contributed by atoms with E-state index < -0.39 is 0 Å². The van der Waals surface area contributed by atoms with Gasteiger partial charge in [0.15, 0.2) is 0 Å². The van der Waals surface area contributed by atoms with Crippen LogP contribution in [0.15, 0.2) is 65.7 Å². The monoisotopic (exact) mass is 356 g/mol. The molecule has 27 heavy (non-hydrogen) atoms. The Hall–Kier alpha value is -3.80. The minimum atomic E-state index is 0.558. The van der Waals surface area contributed by atoms with E-state index in [1.807, 2.05) is 55.5 Å². The number of nitrogen functional groups attached to an aromatic ring is 3. The van der Waals surface area contributed by atoms with Crippen molar-refractivity contribution in [3.05, 3.63) is 66.2 Å². The zero-order chi connectivity index (χ0) is 19.0. The summed E-state index contributed by atoms with van der Waals surface area (Å²) in [5.74, 6) is 0.805. The molecule has 0 aliphatic carbocycles. The van der Waals surface area contributed by atoms with Gasteiger partial charge in [-0.1, -0.05) is 6.07 Å². The average molecular weight is 356 g/mol. The molecule has 3 aromatic carbocycles. The van der Waals surface area contributed by atoms with E-state index in [2.05, 4.69) is 15.0 Å². The minimum absolute atomic E-state index is 0.558. The summed E-state index contributed by atoms with van der Waals surface area (Å²) in [5, 5.41) is 0. The molecule has 0 aliphatic heterocycles. The smallest absolute Gasteiger partial charge is 0.138 e. The molecule has 0 bridgehead atoms. The topological polar surface area (TPSA) is 119 Å². The normalized spacial score (nSPS) is 11.8. The molecule has 1 heterocycles. The third-order valence-electron chi connectivity index (χ3n) is 4.42. The third kappa shape index (κ3) is 3.32. The Morgan fingerprint density at radius 1 is 0.889 bits per heavy atom. The van der Waals surface area contributed by atoms with Gasteiger partial charge in [0.1, 0.15) is 5.82 Å². The van der Waals surface area contributed by atoms with Gasteiger partial charge in [-0.3, -0.25) is 4.99 Å². The summed E-state index contributed by atoms with van der Waals surface area (Å²) in [4.78, 5) is 12.7. The molecule has 1 aromatic heterocycles. The Morgan fingerprint density at radius 3 is 2.37 bits per heavy atom. The molecular formula is C21H20N6. The Morgan fingerprint density at radius 2 is 1.63 bits per heavy atom. The fourth-order valence-corrected chi connectivity index (χ4v) is 2.93. The molecule has 6 nitrogen and oxygen atoms in total. The molecule has 134 valence electrons. The molecule has 0 saturated carbocycles. The van der Waals surface area contributed by atoms with Crippen molar-refractivity contribution in [2.45, 2.75) is 6.92 Å². The number of imidazole rings is 1. The second kappa shape index (κ2) is 6.49. The summed E-state index contributed by atoms with van der Waals surface area (Å²) in [7, 11) is 0. The number of H-pyrrole nitrogens is 1. The number of hydrogen-bond donors (Lipinski definition) is 4. The molecule has 0 radical (unpaired) electrons. The van der Waals surface area contributed by atoms with E-state index in [4.69, 9.17) is 17.2 Å². The summed E-state index contributed by atoms with van der Waals surface area (Å²) < 4.78 is 0. The van der Waals surface area contributed by atoms with Gasteiger partial charge in [0.05, 0.1) is 22.4 Å². The van der Waals surface area contributed by atoms with Gasteiger partial charge >= 0.3 is 0 Å². The molecule has 0 amide bonds. The van der Waals surface area contributed by atoms with Gasteiger partial charge in [-0.05, 0) is 67.1 Å². The maximum Gasteiger partial charge on any atom is 0.138 e. The summed E-state index contributed by atoms with van der Waals surface area (Å²) in [6, 6.07) is 19.0. The predicted molar refractivity (Wildman–Crippen MR) is 113 cm³/mol. The number of nitrogens with zero attached hydrogens (tertiary/aromatic N) is 2. The van der Waals surface area contributed by atoms with Crippen LogP contribution in [0.5, 0.6) is 0 Å². The average Bonchev–Trinajstić information content (AvgIpc) is 3.07. The van der Waals surface area contributed by atoms with Crippen LogP contribution in [0.4, 0.5) is 22.7 Å². The molecule has 0 saturated heterocycles. The van der Waals surface area contributed by atoms with Crippen LogP contribution in [0.3, 0.4) is 0 Å². The first-order chi connectivity index (χ1) is 13.0. The lowest BCUT2D eigenvalue weighted by molar-refractivity contribution is 1.34. The standard InChI is InChI=1S/C21H20N6/c1-12(25-18-9-7-16(23)11-17(18)24)14-4-8-19-20(10-14)27-21(26-19)13-2-5-15(22)6-3-13/h2-11H,22-24H2,1H3,(H,26,27). The highest BCUT2D eigenvalue weighted by Crippen LogP contribution is 2.26. The number of hydrogen-bond acceptors (Lipinski definition) is 5. The predicted octanol–water partition coefficient (Wildman–Crippen LogP) is 4.12. The molecule has 0 fully saturated rings. The van der Waals surface area contributed by atoms with E-state index in [1.54, 1.807) is 12.1 Å². The molecule has 0 atom stereocenters. The highest BCUT2D eigenvalue weighted by Gasteiger charge is 2.08. The van der Waals surface area contributed by atoms with Crippen LogP contribution in [-0.2, 0) is 0 Å². The van der Waals surface area contributed by atoms with Gasteiger partial charge in [-0.2, -0.15) is 0 Å². The van der Waals surface area contributed by atoms with Crippen LogP contribution >= 0.6 is 0 Å². The van der Waals surface area contributed by atoms with Crippen LogP contribution in [-0.4, -0.2) is 15.7 Å². The number of anilines is 3. The van der Waals surface area contributed by atoms with Gasteiger partial charge in [0.25, 0.3) is 0 Å². The number of fused-ring (bicyclic) bond motifs is 1. The maximum atomic E-state index is 6.00. The maximum absolute atomic E-state index is 6.00. The van der Waals surface area contributed by atoms with Crippen molar-refractivity contribution in [3.63, 3.8) is 0 Å². The summed E-state index contributed by atoms with van der Waals surface area (Å²) in [5.41, 5.74) is 24.8. The molecule has 4 rings (SSSR count).